The molecule has 4 atom stereocenters. The van der Waals surface area contributed by atoms with Crippen molar-refractivity contribution in [3.63, 3.8) is 0 Å². The summed E-state index contributed by atoms with van der Waals surface area (Å²) in [6.45, 7) is 7.21. The number of hydrogen-bond donors (Lipinski definition) is 0. The van der Waals surface area contributed by atoms with Crippen LogP contribution in [-0.4, -0.2) is 11.5 Å². The largest absolute Gasteiger partial charge is 0.162 e. The van der Waals surface area contributed by atoms with Crippen LogP contribution in [0.2, 0.25) is 0 Å². The van der Waals surface area contributed by atoms with Crippen LogP contribution in [0.3, 0.4) is 0 Å². The minimum Gasteiger partial charge on any atom is -0.162 e. The summed E-state index contributed by atoms with van der Waals surface area (Å²) >= 11 is 2.06. The molecule has 0 saturated heterocycles. The Morgan fingerprint density at radius 2 is 1.45 bits per heavy atom. The summed E-state index contributed by atoms with van der Waals surface area (Å²) in [5.74, 6) is 2.84. The van der Waals surface area contributed by atoms with Crippen molar-refractivity contribution < 1.29 is 0 Å². The molecule has 0 bridgehead atoms. The molecule has 0 nitrogen and oxygen atoms in total. The minimum atomic E-state index is 0.932. The van der Waals surface area contributed by atoms with E-state index in [1.165, 1.54) is 12.8 Å². The fourth-order valence-corrected chi connectivity index (χ4v) is 3.20. The van der Waals surface area contributed by atoms with Gasteiger partial charge in [-0.1, -0.05) is 20.8 Å². The predicted molar refractivity (Wildman–Crippen MR) is 54.0 cm³/mol. The molecular formula is C10H20S. The third-order valence-electron chi connectivity index (χ3n) is 3.26. The Morgan fingerprint density at radius 1 is 0.909 bits per heavy atom. The van der Waals surface area contributed by atoms with Gasteiger partial charge in [-0.15, -0.1) is 0 Å². The zero-order valence-electron chi connectivity index (χ0n) is 8.13. The molecule has 0 aromatic rings. The van der Waals surface area contributed by atoms with Crippen LogP contribution in [0.5, 0.6) is 0 Å². The van der Waals surface area contributed by atoms with Gasteiger partial charge < -0.3 is 0 Å². The molecule has 1 aliphatic rings. The SMILES string of the molecule is CSC1CC(C)C(C)CC1C. The van der Waals surface area contributed by atoms with Gasteiger partial charge in [-0.3, -0.25) is 0 Å². The van der Waals surface area contributed by atoms with Crippen LogP contribution in [0.1, 0.15) is 33.6 Å². The summed E-state index contributed by atoms with van der Waals surface area (Å²) in [6, 6.07) is 0. The van der Waals surface area contributed by atoms with E-state index in [-0.39, 0.29) is 0 Å². The average molecular weight is 172 g/mol. The second kappa shape index (κ2) is 3.84. The summed E-state index contributed by atoms with van der Waals surface area (Å²) in [5.41, 5.74) is 0. The van der Waals surface area contributed by atoms with Gasteiger partial charge in [0.15, 0.2) is 0 Å². The Hall–Kier alpha value is 0.350. The van der Waals surface area contributed by atoms with E-state index in [1.807, 2.05) is 0 Å². The van der Waals surface area contributed by atoms with E-state index in [4.69, 9.17) is 0 Å². The normalized spacial score (nSPS) is 45.8. The molecule has 1 saturated carbocycles. The van der Waals surface area contributed by atoms with Crippen molar-refractivity contribution in [1.82, 2.24) is 0 Å². The zero-order chi connectivity index (χ0) is 8.43. The fourth-order valence-electron chi connectivity index (χ4n) is 2.13. The van der Waals surface area contributed by atoms with Crippen molar-refractivity contribution in [3.05, 3.63) is 0 Å². The Labute approximate surface area is 75.1 Å². The molecule has 0 aromatic carbocycles. The lowest BCUT2D eigenvalue weighted by atomic mass is 9.76. The Kier molecular flexibility index (Phi) is 3.29. The van der Waals surface area contributed by atoms with Crippen LogP contribution in [-0.2, 0) is 0 Å². The predicted octanol–water partition coefficient (Wildman–Crippen LogP) is 3.42. The second-order valence-corrected chi connectivity index (χ2v) is 5.25. The topological polar surface area (TPSA) is 0 Å². The lowest BCUT2D eigenvalue weighted by Crippen LogP contribution is -2.29. The average Bonchev–Trinajstić information content (AvgIpc) is 1.97. The Bertz CT molecular complexity index is 122. The summed E-state index contributed by atoms with van der Waals surface area (Å²) in [4.78, 5) is 0. The second-order valence-electron chi connectivity index (χ2n) is 4.18. The Morgan fingerprint density at radius 3 is 2.00 bits per heavy atom. The van der Waals surface area contributed by atoms with Crippen LogP contribution in [0.25, 0.3) is 0 Å². The highest BCUT2D eigenvalue weighted by Gasteiger charge is 2.29. The molecule has 0 aromatic heterocycles. The van der Waals surface area contributed by atoms with Crippen molar-refractivity contribution in [1.29, 1.82) is 0 Å². The van der Waals surface area contributed by atoms with Crippen molar-refractivity contribution in [2.75, 3.05) is 6.26 Å². The highest BCUT2D eigenvalue weighted by Crippen LogP contribution is 2.38. The highest BCUT2D eigenvalue weighted by molar-refractivity contribution is 7.99. The van der Waals surface area contributed by atoms with Crippen LogP contribution >= 0.6 is 11.8 Å². The molecule has 0 amide bonds. The van der Waals surface area contributed by atoms with E-state index in [0.717, 1.165) is 23.0 Å². The molecule has 66 valence electrons. The van der Waals surface area contributed by atoms with E-state index in [2.05, 4.69) is 38.8 Å². The molecule has 4 unspecified atom stereocenters. The lowest BCUT2D eigenvalue weighted by Gasteiger charge is -2.36. The summed E-state index contributed by atoms with van der Waals surface area (Å²) in [5, 5.41) is 0.932. The maximum absolute atomic E-state index is 2.41. The summed E-state index contributed by atoms with van der Waals surface area (Å²) in [7, 11) is 0. The van der Waals surface area contributed by atoms with Gasteiger partial charge in [0.2, 0.25) is 0 Å². The van der Waals surface area contributed by atoms with E-state index in [0.29, 0.717) is 0 Å². The van der Waals surface area contributed by atoms with Gasteiger partial charge in [-0.25, -0.2) is 0 Å². The monoisotopic (exact) mass is 172 g/mol. The molecule has 0 heterocycles. The third-order valence-corrected chi connectivity index (χ3v) is 4.52. The van der Waals surface area contributed by atoms with Crippen molar-refractivity contribution in [2.45, 2.75) is 38.9 Å². The molecule has 0 N–H and O–H groups in total. The number of rotatable bonds is 1. The maximum atomic E-state index is 2.41. The van der Waals surface area contributed by atoms with E-state index >= 15 is 0 Å². The van der Waals surface area contributed by atoms with E-state index < -0.39 is 0 Å². The quantitative estimate of drug-likeness (QED) is 0.584. The lowest BCUT2D eigenvalue weighted by molar-refractivity contribution is 0.228. The molecule has 1 aliphatic carbocycles. The summed E-state index contributed by atoms with van der Waals surface area (Å²) in [6.07, 6.45) is 5.13. The molecule has 11 heavy (non-hydrogen) atoms. The van der Waals surface area contributed by atoms with Crippen LogP contribution < -0.4 is 0 Å². The Balaban J connectivity index is 2.48. The fraction of sp³-hybridized carbons (Fsp3) is 1.00. The number of thioether (sulfide) groups is 1. The minimum absolute atomic E-state index is 0.932. The third kappa shape index (κ3) is 2.14. The zero-order valence-corrected chi connectivity index (χ0v) is 8.95. The van der Waals surface area contributed by atoms with Gasteiger partial charge in [0, 0.05) is 5.25 Å². The summed E-state index contributed by atoms with van der Waals surface area (Å²) < 4.78 is 0. The van der Waals surface area contributed by atoms with Crippen molar-refractivity contribution in [3.8, 4) is 0 Å². The molecule has 0 radical (unpaired) electrons. The molecule has 0 spiro atoms. The number of hydrogen-bond acceptors (Lipinski definition) is 1. The smallest absolute Gasteiger partial charge is 0.00726 e. The first-order chi connectivity index (χ1) is 5.15. The van der Waals surface area contributed by atoms with Gasteiger partial charge in [-0.05, 0) is 36.9 Å². The van der Waals surface area contributed by atoms with E-state index in [1.54, 1.807) is 0 Å². The van der Waals surface area contributed by atoms with Crippen molar-refractivity contribution >= 4 is 11.8 Å². The first-order valence-electron chi connectivity index (χ1n) is 4.68. The maximum Gasteiger partial charge on any atom is 0.00726 e. The van der Waals surface area contributed by atoms with Crippen LogP contribution in [0, 0.1) is 17.8 Å². The molecule has 1 heteroatoms. The van der Waals surface area contributed by atoms with Gasteiger partial charge in [0.25, 0.3) is 0 Å². The molecule has 1 fully saturated rings. The van der Waals surface area contributed by atoms with Gasteiger partial charge in [0.1, 0.15) is 0 Å². The van der Waals surface area contributed by atoms with E-state index in [9.17, 15) is 0 Å². The first kappa shape index (κ1) is 9.44. The van der Waals surface area contributed by atoms with Crippen LogP contribution in [0.15, 0.2) is 0 Å². The highest BCUT2D eigenvalue weighted by atomic mass is 32.2. The van der Waals surface area contributed by atoms with Gasteiger partial charge in [0.05, 0.1) is 0 Å². The van der Waals surface area contributed by atoms with Gasteiger partial charge in [-0.2, -0.15) is 11.8 Å². The van der Waals surface area contributed by atoms with Crippen molar-refractivity contribution in [2.24, 2.45) is 17.8 Å². The molecule has 1 rings (SSSR count). The van der Waals surface area contributed by atoms with Crippen LogP contribution in [0.4, 0.5) is 0 Å². The molecular weight excluding hydrogens is 152 g/mol. The van der Waals surface area contributed by atoms with Gasteiger partial charge >= 0.3 is 0 Å². The standard InChI is InChI=1S/C10H20S/c1-7-5-9(3)10(11-4)6-8(7)2/h7-10H,5-6H2,1-4H3. The first-order valence-corrected chi connectivity index (χ1v) is 5.96. The molecule has 0 aliphatic heterocycles.